The highest BCUT2D eigenvalue weighted by Crippen LogP contribution is 2.16. The lowest BCUT2D eigenvalue weighted by Crippen LogP contribution is -2.30. The lowest BCUT2D eigenvalue weighted by Gasteiger charge is -2.18. The van der Waals surface area contributed by atoms with Gasteiger partial charge in [-0.15, -0.1) is 0 Å². The molecular weight excluding hydrogens is 865 g/mol. The molecule has 70 heavy (non-hydrogen) atoms. The van der Waals surface area contributed by atoms with Crippen LogP contribution in [0.4, 0.5) is 0 Å². The second kappa shape index (κ2) is 58.9. The molecule has 0 aromatic rings. The van der Waals surface area contributed by atoms with E-state index >= 15 is 0 Å². The summed E-state index contributed by atoms with van der Waals surface area (Å²) in [5, 5.41) is 0. The van der Waals surface area contributed by atoms with Gasteiger partial charge in [-0.05, 0) is 83.5 Å². The first-order valence-electron chi connectivity index (χ1n) is 30.6. The maximum atomic E-state index is 12.9. The standard InChI is InChI=1S/C64H116O6/c1-4-7-10-13-16-19-22-25-28-31-33-36-39-42-45-48-51-54-57-63(66)69-60-61(59-68-62(65)56-53-50-47-44-41-38-35-30-27-24-21-18-15-12-9-6-3)70-64(67)58-55-52-49-46-43-40-37-34-32-29-26-23-20-17-14-11-8-5-2/h19-20,22-23,28-29,31-32,61H,4-18,21,24-27,30,33-60H2,1-3H3/b22-19-,23-20-,31-28-,32-29-. The third kappa shape index (κ3) is 56.3. The minimum atomic E-state index is -0.779. The van der Waals surface area contributed by atoms with Crippen molar-refractivity contribution in [1.29, 1.82) is 0 Å². The van der Waals surface area contributed by atoms with Crippen molar-refractivity contribution in [2.45, 2.75) is 329 Å². The Labute approximate surface area is 435 Å². The van der Waals surface area contributed by atoms with Gasteiger partial charge in [0, 0.05) is 19.3 Å². The number of allylic oxidation sites excluding steroid dienone is 8. The van der Waals surface area contributed by atoms with Crippen molar-refractivity contribution in [3.8, 4) is 0 Å². The molecule has 408 valence electrons. The Morgan fingerprint density at radius 3 is 0.800 bits per heavy atom. The van der Waals surface area contributed by atoms with E-state index in [1.807, 2.05) is 0 Å². The summed E-state index contributed by atoms with van der Waals surface area (Å²) in [5.41, 5.74) is 0. The van der Waals surface area contributed by atoms with Gasteiger partial charge < -0.3 is 14.2 Å². The monoisotopic (exact) mass is 981 g/mol. The lowest BCUT2D eigenvalue weighted by atomic mass is 10.0. The van der Waals surface area contributed by atoms with Crippen LogP contribution in [-0.2, 0) is 28.6 Å². The van der Waals surface area contributed by atoms with Crippen LogP contribution in [0.15, 0.2) is 48.6 Å². The Bertz CT molecular complexity index is 1220. The van der Waals surface area contributed by atoms with Crippen molar-refractivity contribution in [1.82, 2.24) is 0 Å². The molecule has 0 aromatic heterocycles. The molecule has 0 aliphatic rings. The van der Waals surface area contributed by atoms with Gasteiger partial charge in [0.25, 0.3) is 0 Å². The van der Waals surface area contributed by atoms with Gasteiger partial charge in [0.1, 0.15) is 13.2 Å². The molecule has 0 saturated carbocycles. The number of carbonyl (C=O) groups is 3. The van der Waals surface area contributed by atoms with Gasteiger partial charge in [-0.1, -0.05) is 268 Å². The Morgan fingerprint density at radius 2 is 0.514 bits per heavy atom. The van der Waals surface area contributed by atoms with Crippen molar-refractivity contribution < 1.29 is 28.6 Å². The normalized spacial score (nSPS) is 12.3. The topological polar surface area (TPSA) is 78.9 Å². The molecule has 6 heteroatoms. The van der Waals surface area contributed by atoms with E-state index in [4.69, 9.17) is 14.2 Å². The Balaban J connectivity index is 4.38. The number of unbranched alkanes of at least 4 members (excludes halogenated alkanes) is 37. The van der Waals surface area contributed by atoms with Gasteiger partial charge in [-0.2, -0.15) is 0 Å². The molecule has 0 rings (SSSR count). The third-order valence-corrected chi connectivity index (χ3v) is 13.6. The zero-order valence-corrected chi connectivity index (χ0v) is 46.8. The summed E-state index contributed by atoms with van der Waals surface area (Å²) >= 11 is 0. The quantitative estimate of drug-likeness (QED) is 0.0261. The Hall–Kier alpha value is -2.63. The van der Waals surface area contributed by atoms with Crippen LogP contribution in [0.2, 0.25) is 0 Å². The summed E-state index contributed by atoms with van der Waals surface area (Å²) in [4.78, 5) is 38.3. The number of ether oxygens (including phenoxy) is 3. The molecule has 1 atom stereocenters. The summed E-state index contributed by atoms with van der Waals surface area (Å²) < 4.78 is 16.9. The van der Waals surface area contributed by atoms with Crippen LogP contribution in [0.5, 0.6) is 0 Å². The van der Waals surface area contributed by atoms with E-state index in [2.05, 4.69) is 69.4 Å². The number of esters is 3. The maximum absolute atomic E-state index is 12.9. The summed E-state index contributed by atoms with van der Waals surface area (Å²) in [6.45, 7) is 6.64. The molecule has 0 aliphatic heterocycles. The summed E-state index contributed by atoms with van der Waals surface area (Å²) in [5.74, 6) is -0.873. The molecule has 6 nitrogen and oxygen atoms in total. The predicted octanol–water partition coefficient (Wildman–Crippen LogP) is 20.6. The van der Waals surface area contributed by atoms with E-state index in [0.717, 1.165) is 83.5 Å². The van der Waals surface area contributed by atoms with Crippen LogP contribution in [0.1, 0.15) is 323 Å². The smallest absolute Gasteiger partial charge is 0.306 e. The van der Waals surface area contributed by atoms with Crippen molar-refractivity contribution in [3.05, 3.63) is 48.6 Å². The molecule has 0 amide bonds. The molecule has 0 saturated heterocycles. The highest BCUT2D eigenvalue weighted by molar-refractivity contribution is 5.71. The van der Waals surface area contributed by atoms with E-state index < -0.39 is 6.10 Å². The summed E-state index contributed by atoms with van der Waals surface area (Å²) in [7, 11) is 0. The molecule has 0 spiro atoms. The molecular formula is C64H116O6. The number of rotatable bonds is 56. The van der Waals surface area contributed by atoms with E-state index in [1.165, 1.54) is 199 Å². The number of hydrogen-bond donors (Lipinski definition) is 0. The molecule has 0 bridgehead atoms. The van der Waals surface area contributed by atoms with Crippen LogP contribution < -0.4 is 0 Å². The maximum Gasteiger partial charge on any atom is 0.306 e. The Morgan fingerprint density at radius 1 is 0.286 bits per heavy atom. The first-order chi connectivity index (χ1) is 34.5. The first-order valence-corrected chi connectivity index (χ1v) is 30.6. The first kappa shape index (κ1) is 67.4. The van der Waals surface area contributed by atoms with Gasteiger partial charge in [0.2, 0.25) is 0 Å². The van der Waals surface area contributed by atoms with Gasteiger partial charge in [0.15, 0.2) is 6.10 Å². The van der Waals surface area contributed by atoms with E-state index in [9.17, 15) is 14.4 Å². The lowest BCUT2D eigenvalue weighted by molar-refractivity contribution is -0.167. The zero-order chi connectivity index (χ0) is 50.7. The van der Waals surface area contributed by atoms with Gasteiger partial charge in [-0.25, -0.2) is 0 Å². The minimum absolute atomic E-state index is 0.0756. The average molecular weight is 982 g/mol. The SMILES string of the molecule is CCCCCC/C=C\C/C=C\CCCCCCCCCC(=O)OCC(COC(=O)CCCCCCCCCCCCCCCCCC)OC(=O)CCCCCCCCC/C=C\C/C=C\CCCCCC. The molecule has 0 heterocycles. The van der Waals surface area contributed by atoms with Crippen LogP contribution in [0.3, 0.4) is 0 Å². The largest absolute Gasteiger partial charge is 0.462 e. The van der Waals surface area contributed by atoms with Crippen molar-refractivity contribution in [3.63, 3.8) is 0 Å². The van der Waals surface area contributed by atoms with Crippen LogP contribution in [0, 0.1) is 0 Å². The molecule has 0 radical (unpaired) electrons. The fourth-order valence-corrected chi connectivity index (χ4v) is 8.92. The minimum Gasteiger partial charge on any atom is -0.462 e. The molecule has 0 aliphatic carbocycles. The molecule has 1 unspecified atom stereocenters. The fraction of sp³-hybridized carbons (Fsp3) is 0.828. The molecule has 0 aromatic carbocycles. The van der Waals surface area contributed by atoms with Crippen LogP contribution in [-0.4, -0.2) is 37.2 Å². The average Bonchev–Trinajstić information content (AvgIpc) is 3.36. The van der Waals surface area contributed by atoms with Gasteiger partial charge >= 0.3 is 17.9 Å². The highest BCUT2D eigenvalue weighted by Gasteiger charge is 2.19. The number of hydrogen-bond acceptors (Lipinski definition) is 6. The number of carbonyl (C=O) groups excluding carboxylic acids is 3. The van der Waals surface area contributed by atoms with Gasteiger partial charge in [-0.3, -0.25) is 14.4 Å². The molecule has 0 fully saturated rings. The second-order valence-electron chi connectivity index (χ2n) is 20.6. The van der Waals surface area contributed by atoms with Crippen LogP contribution >= 0.6 is 0 Å². The highest BCUT2D eigenvalue weighted by atomic mass is 16.6. The second-order valence-corrected chi connectivity index (χ2v) is 20.6. The predicted molar refractivity (Wildman–Crippen MR) is 302 cm³/mol. The van der Waals surface area contributed by atoms with E-state index in [-0.39, 0.29) is 31.1 Å². The zero-order valence-electron chi connectivity index (χ0n) is 46.8. The van der Waals surface area contributed by atoms with E-state index in [0.29, 0.717) is 19.3 Å². The molecule has 0 N–H and O–H groups in total. The van der Waals surface area contributed by atoms with Crippen LogP contribution in [0.25, 0.3) is 0 Å². The Kier molecular flexibility index (Phi) is 56.7. The van der Waals surface area contributed by atoms with Crippen molar-refractivity contribution in [2.24, 2.45) is 0 Å². The third-order valence-electron chi connectivity index (χ3n) is 13.6. The van der Waals surface area contributed by atoms with Crippen molar-refractivity contribution >= 4 is 17.9 Å². The van der Waals surface area contributed by atoms with E-state index in [1.54, 1.807) is 0 Å². The van der Waals surface area contributed by atoms with Crippen molar-refractivity contribution in [2.75, 3.05) is 13.2 Å². The fourth-order valence-electron chi connectivity index (χ4n) is 8.92. The van der Waals surface area contributed by atoms with Gasteiger partial charge in [0.05, 0.1) is 0 Å². The summed E-state index contributed by atoms with van der Waals surface area (Å²) in [6.07, 6.45) is 72.4. The summed E-state index contributed by atoms with van der Waals surface area (Å²) in [6, 6.07) is 0.